The quantitative estimate of drug-likeness (QED) is 0.662. The van der Waals surface area contributed by atoms with Crippen molar-refractivity contribution < 1.29 is 4.74 Å². The van der Waals surface area contributed by atoms with E-state index < -0.39 is 0 Å². The van der Waals surface area contributed by atoms with Gasteiger partial charge in [-0.3, -0.25) is 5.32 Å². The summed E-state index contributed by atoms with van der Waals surface area (Å²) in [6, 6.07) is 0.528. The van der Waals surface area contributed by atoms with Gasteiger partial charge in [0.25, 0.3) is 0 Å². The van der Waals surface area contributed by atoms with Crippen LogP contribution in [0.4, 0.5) is 0 Å². The minimum atomic E-state index is 0.239. The number of rotatable bonds is 1. The molecule has 2 aliphatic rings. The Hall–Kier alpha value is -0.120. The van der Waals surface area contributed by atoms with Crippen LogP contribution in [0.5, 0.6) is 0 Å². The number of nitrogens with one attached hydrogen (secondary N) is 2. The Balaban J connectivity index is 1.82. The maximum atomic E-state index is 5.86. The van der Waals surface area contributed by atoms with E-state index in [1.54, 1.807) is 0 Å². The number of hydrogen-bond donors (Lipinski definition) is 2. The van der Waals surface area contributed by atoms with Crippen molar-refractivity contribution in [3.63, 3.8) is 0 Å². The molecule has 0 aromatic rings. The molecule has 2 fully saturated rings. The smallest absolute Gasteiger partial charge is 0.123 e. The normalized spacial score (nSPS) is 38.1. The predicted octanol–water partition coefficient (Wildman–Crippen LogP) is 1.10. The van der Waals surface area contributed by atoms with Gasteiger partial charge in [-0.15, -0.1) is 0 Å². The van der Waals surface area contributed by atoms with Crippen LogP contribution >= 0.6 is 0 Å². The van der Waals surface area contributed by atoms with Crippen LogP contribution in [0.25, 0.3) is 0 Å². The van der Waals surface area contributed by atoms with Crippen LogP contribution in [0, 0.1) is 5.41 Å². The largest absolute Gasteiger partial charge is 0.361 e. The molecule has 0 aromatic heterocycles. The molecule has 0 amide bonds. The van der Waals surface area contributed by atoms with E-state index in [4.69, 9.17) is 4.74 Å². The van der Waals surface area contributed by atoms with Crippen molar-refractivity contribution in [1.82, 2.24) is 10.6 Å². The number of ether oxygens (including phenoxy) is 1. The highest BCUT2D eigenvalue weighted by molar-refractivity contribution is 4.85. The molecule has 2 aliphatic heterocycles. The maximum Gasteiger partial charge on any atom is 0.123 e. The van der Waals surface area contributed by atoms with Crippen molar-refractivity contribution >= 4 is 0 Å². The molecule has 3 nitrogen and oxygen atoms in total. The van der Waals surface area contributed by atoms with Gasteiger partial charge in [0, 0.05) is 18.0 Å². The van der Waals surface area contributed by atoms with Crippen LogP contribution in [-0.4, -0.2) is 32.0 Å². The molecule has 82 valence electrons. The molecule has 0 aliphatic carbocycles. The van der Waals surface area contributed by atoms with Crippen molar-refractivity contribution in [3.05, 3.63) is 0 Å². The van der Waals surface area contributed by atoms with Crippen molar-refractivity contribution in [2.24, 2.45) is 5.41 Å². The molecule has 2 saturated heterocycles. The van der Waals surface area contributed by atoms with E-state index in [-0.39, 0.29) is 6.23 Å². The first kappa shape index (κ1) is 10.4. The summed E-state index contributed by atoms with van der Waals surface area (Å²) < 4.78 is 5.86. The van der Waals surface area contributed by atoms with Gasteiger partial charge in [0.05, 0.1) is 6.61 Å². The Morgan fingerprint density at radius 2 is 2.07 bits per heavy atom. The SMILES string of the molecule is CC1(C)CNC(C2CCCCN2)OC1. The second-order valence-corrected chi connectivity index (χ2v) is 5.33. The van der Waals surface area contributed by atoms with E-state index in [1.165, 1.54) is 19.3 Å². The van der Waals surface area contributed by atoms with Crippen LogP contribution in [0.1, 0.15) is 33.1 Å². The summed E-state index contributed by atoms with van der Waals surface area (Å²) in [7, 11) is 0. The van der Waals surface area contributed by atoms with Crippen LogP contribution in [-0.2, 0) is 4.74 Å². The zero-order valence-corrected chi connectivity index (χ0v) is 9.31. The standard InChI is InChI=1S/C11H22N2O/c1-11(2)7-13-10(14-8-11)9-5-3-4-6-12-9/h9-10,12-13H,3-8H2,1-2H3. The zero-order valence-electron chi connectivity index (χ0n) is 9.31. The Kier molecular flexibility index (Phi) is 3.10. The van der Waals surface area contributed by atoms with Gasteiger partial charge in [-0.25, -0.2) is 0 Å². The van der Waals surface area contributed by atoms with Gasteiger partial charge < -0.3 is 10.1 Å². The summed E-state index contributed by atoms with van der Waals surface area (Å²) in [6.45, 7) is 7.57. The summed E-state index contributed by atoms with van der Waals surface area (Å²) in [4.78, 5) is 0. The zero-order chi connectivity index (χ0) is 10.0. The number of piperidine rings is 1. The molecule has 2 N–H and O–H groups in total. The third kappa shape index (κ3) is 2.47. The summed E-state index contributed by atoms with van der Waals surface area (Å²) in [6.07, 6.45) is 4.14. The van der Waals surface area contributed by atoms with Gasteiger partial charge in [0.15, 0.2) is 0 Å². The fraction of sp³-hybridized carbons (Fsp3) is 1.00. The topological polar surface area (TPSA) is 33.3 Å². The fourth-order valence-electron chi connectivity index (χ4n) is 2.20. The average molecular weight is 198 g/mol. The minimum Gasteiger partial charge on any atom is -0.361 e. The van der Waals surface area contributed by atoms with Gasteiger partial charge >= 0.3 is 0 Å². The lowest BCUT2D eigenvalue weighted by Gasteiger charge is -2.40. The Morgan fingerprint density at radius 1 is 1.21 bits per heavy atom. The molecule has 0 spiro atoms. The first-order valence-electron chi connectivity index (χ1n) is 5.76. The van der Waals surface area contributed by atoms with Gasteiger partial charge in [0.1, 0.15) is 6.23 Å². The van der Waals surface area contributed by atoms with E-state index in [0.717, 1.165) is 19.7 Å². The van der Waals surface area contributed by atoms with Crippen LogP contribution in [0.15, 0.2) is 0 Å². The van der Waals surface area contributed by atoms with E-state index in [9.17, 15) is 0 Å². The number of hydrogen-bond acceptors (Lipinski definition) is 3. The molecule has 14 heavy (non-hydrogen) atoms. The Morgan fingerprint density at radius 3 is 2.64 bits per heavy atom. The highest BCUT2D eigenvalue weighted by Crippen LogP contribution is 2.22. The monoisotopic (exact) mass is 198 g/mol. The summed E-state index contributed by atoms with van der Waals surface area (Å²) in [5, 5.41) is 7.02. The molecule has 0 radical (unpaired) electrons. The fourth-order valence-corrected chi connectivity index (χ4v) is 2.20. The van der Waals surface area contributed by atoms with Gasteiger partial charge in [0.2, 0.25) is 0 Å². The average Bonchev–Trinajstić information content (AvgIpc) is 2.19. The first-order valence-corrected chi connectivity index (χ1v) is 5.76. The Labute approximate surface area is 86.6 Å². The molecule has 2 heterocycles. The lowest BCUT2D eigenvalue weighted by molar-refractivity contribution is -0.0774. The summed E-state index contributed by atoms with van der Waals surface area (Å²) >= 11 is 0. The van der Waals surface area contributed by atoms with Crippen LogP contribution in [0.3, 0.4) is 0 Å². The van der Waals surface area contributed by atoms with E-state index >= 15 is 0 Å². The maximum absolute atomic E-state index is 5.86. The first-order chi connectivity index (χ1) is 6.67. The third-order valence-corrected chi connectivity index (χ3v) is 3.15. The lowest BCUT2D eigenvalue weighted by Crippen LogP contribution is -2.57. The van der Waals surface area contributed by atoms with E-state index in [2.05, 4.69) is 24.5 Å². The molecule has 2 rings (SSSR count). The highest BCUT2D eigenvalue weighted by Gasteiger charge is 2.32. The second-order valence-electron chi connectivity index (χ2n) is 5.33. The van der Waals surface area contributed by atoms with Gasteiger partial charge in [-0.1, -0.05) is 20.3 Å². The van der Waals surface area contributed by atoms with Crippen molar-refractivity contribution in [1.29, 1.82) is 0 Å². The third-order valence-electron chi connectivity index (χ3n) is 3.15. The minimum absolute atomic E-state index is 0.239. The van der Waals surface area contributed by atoms with Crippen molar-refractivity contribution in [3.8, 4) is 0 Å². The molecule has 2 atom stereocenters. The predicted molar refractivity (Wildman–Crippen MR) is 57.2 cm³/mol. The second kappa shape index (κ2) is 4.17. The molecular formula is C11H22N2O. The molecule has 0 aromatic carbocycles. The molecule has 3 heteroatoms. The molecule has 0 saturated carbocycles. The lowest BCUT2D eigenvalue weighted by atomic mass is 9.92. The summed E-state index contributed by atoms with van der Waals surface area (Å²) in [5.74, 6) is 0. The highest BCUT2D eigenvalue weighted by atomic mass is 16.5. The van der Waals surface area contributed by atoms with Gasteiger partial charge in [-0.2, -0.15) is 0 Å². The van der Waals surface area contributed by atoms with Gasteiger partial charge in [-0.05, 0) is 19.4 Å². The van der Waals surface area contributed by atoms with Crippen LogP contribution in [0.2, 0.25) is 0 Å². The van der Waals surface area contributed by atoms with Crippen LogP contribution < -0.4 is 10.6 Å². The van der Waals surface area contributed by atoms with E-state index in [0.29, 0.717) is 11.5 Å². The van der Waals surface area contributed by atoms with Crippen molar-refractivity contribution in [2.45, 2.75) is 45.4 Å². The molecular weight excluding hydrogens is 176 g/mol. The molecule has 2 unspecified atom stereocenters. The van der Waals surface area contributed by atoms with E-state index in [1.807, 2.05) is 0 Å². The van der Waals surface area contributed by atoms with Crippen molar-refractivity contribution in [2.75, 3.05) is 19.7 Å². The Bertz CT molecular complexity index is 178. The summed E-state index contributed by atoms with van der Waals surface area (Å²) in [5.41, 5.74) is 0.297. The molecule has 0 bridgehead atoms.